The molecule has 0 saturated heterocycles. The Balaban J connectivity index is 1.58. The third kappa shape index (κ3) is 4.12. The Kier molecular flexibility index (Phi) is 5.40. The molecule has 3 rings (SSSR count). The van der Waals surface area contributed by atoms with Gasteiger partial charge in [-0.15, -0.1) is 0 Å². The maximum Gasteiger partial charge on any atom is 0.329 e. The minimum Gasteiger partial charge on any atom is -0.480 e. The summed E-state index contributed by atoms with van der Waals surface area (Å²) in [6.07, 6.45) is 5.80. The molecule has 1 saturated carbocycles. The van der Waals surface area contributed by atoms with E-state index in [1.54, 1.807) is 6.20 Å². The Morgan fingerprint density at radius 2 is 1.88 bits per heavy atom. The summed E-state index contributed by atoms with van der Waals surface area (Å²) in [6, 6.07) is 7.93. The van der Waals surface area contributed by atoms with Gasteiger partial charge in [0.2, 0.25) is 5.91 Å². The molecule has 1 heterocycles. The van der Waals surface area contributed by atoms with Crippen molar-refractivity contribution in [3.05, 3.63) is 41.9 Å². The fourth-order valence-electron chi connectivity index (χ4n) is 3.37. The minimum atomic E-state index is -1.11. The molecule has 0 aliphatic heterocycles. The topological polar surface area (TPSA) is 92.4 Å². The van der Waals surface area contributed by atoms with Crippen LogP contribution in [0.1, 0.15) is 50.0 Å². The van der Waals surface area contributed by atoms with Gasteiger partial charge in [0.25, 0.3) is 0 Å². The molecule has 0 unspecified atom stereocenters. The minimum absolute atomic E-state index is 0.156. The van der Waals surface area contributed by atoms with Crippen molar-refractivity contribution in [3.63, 3.8) is 0 Å². The molecular formula is C20H24N2O4. The van der Waals surface area contributed by atoms with Gasteiger partial charge in [0, 0.05) is 18.4 Å². The summed E-state index contributed by atoms with van der Waals surface area (Å²) in [4.78, 5) is 28.1. The first kappa shape index (κ1) is 18.2. The van der Waals surface area contributed by atoms with Crippen LogP contribution in [0.25, 0.3) is 11.3 Å². The quantitative estimate of drug-likeness (QED) is 0.826. The predicted octanol–water partition coefficient (Wildman–Crippen LogP) is 3.49. The Labute approximate surface area is 152 Å². The van der Waals surface area contributed by atoms with Crippen molar-refractivity contribution in [1.82, 2.24) is 10.3 Å². The van der Waals surface area contributed by atoms with Gasteiger partial charge in [0.05, 0.1) is 6.20 Å². The van der Waals surface area contributed by atoms with Gasteiger partial charge in [-0.25, -0.2) is 9.78 Å². The van der Waals surface area contributed by atoms with Gasteiger partial charge in [-0.3, -0.25) is 4.79 Å². The molecule has 6 nitrogen and oxygen atoms in total. The van der Waals surface area contributed by atoms with Crippen LogP contribution in [-0.2, 0) is 16.0 Å². The summed E-state index contributed by atoms with van der Waals surface area (Å²) in [5, 5.41) is 12.3. The van der Waals surface area contributed by atoms with Gasteiger partial charge in [-0.2, -0.15) is 0 Å². The summed E-state index contributed by atoms with van der Waals surface area (Å²) in [5.41, 5.74) is 0.991. The summed E-state index contributed by atoms with van der Waals surface area (Å²) < 4.78 is 5.72. The van der Waals surface area contributed by atoms with Crippen molar-refractivity contribution in [2.45, 2.75) is 57.4 Å². The number of hydrogen-bond donors (Lipinski definition) is 2. The molecule has 1 aromatic carbocycles. The van der Waals surface area contributed by atoms with Crippen LogP contribution in [0.5, 0.6) is 0 Å². The number of carbonyl (C=O) groups is 2. The third-order valence-electron chi connectivity index (χ3n) is 4.95. The number of carboxylic acids is 1. The van der Waals surface area contributed by atoms with E-state index in [1.807, 2.05) is 31.2 Å². The number of benzene rings is 1. The number of aromatic nitrogens is 1. The second-order valence-corrected chi connectivity index (χ2v) is 6.98. The first-order valence-electron chi connectivity index (χ1n) is 9.05. The zero-order chi connectivity index (χ0) is 18.6. The zero-order valence-corrected chi connectivity index (χ0v) is 15.0. The number of nitrogens with one attached hydrogen (secondary N) is 1. The van der Waals surface area contributed by atoms with Crippen LogP contribution in [0.2, 0.25) is 0 Å². The maximum atomic E-state index is 12.3. The van der Waals surface area contributed by atoms with E-state index in [9.17, 15) is 14.7 Å². The SMILES string of the molecule is Cc1ccc(-c2cnc(CCC(=O)NC3(C(=O)O)CCCCC3)o2)cc1. The predicted molar refractivity (Wildman–Crippen MR) is 96.6 cm³/mol. The normalized spacial score (nSPS) is 16.2. The molecule has 1 fully saturated rings. The molecule has 1 aliphatic carbocycles. The highest BCUT2D eigenvalue weighted by Gasteiger charge is 2.40. The van der Waals surface area contributed by atoms with E-state index in [1.165, 1.54) is 5.56 Å². The standard InChI is InChI=1S/C20H24N2O4/c1-14-5-7-15(8-6-14)16-13-21-18(26-16)10-9-17(23)22-20(19(24)25)11-3-2-4-12-20/h5-8,13H,2-4,9-12H2,1H3,(H,22,23)(H,24,25). The summed E-state index contributed by atoms with van der Waals surface area (Å²) in [6.45, 7) is 2.02. The van der Waals surface area contributed by atoms with Crippen LogP contribution in [0.4, 0.5) is 0 Å². The van der Waals surface area contributed by atoms with E-state index in [0.717, 1.165) is 24.8 Å². The van der Waals surface area contributed by atoms with Crippen LogP contribution in [-0.4, -0.2) is 27.5 Å². The first-order valence-corrected chi connectivity index (χ1v) is 9.05. The van der Waals surface area contributed by atoms with Crippen molar-refractivity contribution < 1.29 is 19.1 Å². The first-order chi connectivity index (χ1) is 12.5. The van der Waals surface area contributed by atoms with Gasteiger partial charge >= 0.3 is 5.97 Å². The molecule has 0 spiro atoms. The van der Waals surface area contributed by atoms with Crippen LogP contribution in [0.3, 0.4) is 0 Å². The zero-order valence-electron chi connectivity index (χ0n) is 15.0. The highest BCUT2D eigenvalue weighted by atomic mass is 16.4. The van der Waals surface area contributed by atoms with E-state index in [2.05, 4.69) is 10.3 Å². The number of amides is 1. The fourth-order valence-corrected chi connectivity index (χ4v) is 3.37. The lowest BCUT2D eigenvalue weighted by Crippen LogP contribution is -2.55. The van der Waals surface area contributed by atoms with Crippen molar-refractivity contribution in [3.8, 4) is 11.3 Å². The lowest BCUT2D eigenvalue weighted by atomic mass is 9.81. The molecule has 6 heteroatoms. The van der Waals surface area contributed by atoms with Crippen LogP contribution >= 0.6 is 0 Å². The highest BCUT2D eigenvalue weighted by Crippen LogP contribution is 2.28. The largest absolute Gasteiger partial charge is 0.480 e. The molecule has 1 aromatic heterocycles. The van der Waals surface area contributed by atoms with Gasteiger partial charge in [-0.1, -0.05) is 49.1 Å². The molecule has 26 heavy (non-hydrogen) atoms. The molecule has 138 valence electrons. The summed E-state index contributed by atoms with van der Waals surface area (Å²) >= 11 is 0. The Morgan fingerprint density at radius 1 is 1.19 bits per heavy atom. The molecule has 0 radical (unpaired) electrons. The smallest absolute Gasteiger partial charge is 0.329 e. The van der Waals surface area contributed by atoms with Gasteiger partial charge < -0.3 is 14.8 Å². The molecule has 2 aromatic rings. The lowest BCUT2D eigenvalue weighted by molar-refractivity contribution is -0.149. The second kappa shape index (κ2) is 7.72. The molecule has 1 aliphatic rings. The van der Waals surface area contributed by atoms with Crippen LogP contribution < -0.4 is 5.32 Å². The van der Waals surface area contributed by atoms with Crippen molar-refractivity contribution in [2.75, 3.05) is 0 Å². The highest BCUT2D eigenvalue weighted by molar-refractivity contribution is 5.87. The van der Waals surface area contributed by atoms with Crippen molar-refractivity contribution >= 4 is 11.9 Å². The molecule has 0 bridgehead atoms. The monoisotopic (exact) mass is 356 g/mol. The molecule has 0 atom stereocenters. The number of aryl methyl sites for hydroxylation is 2. The van der Waals surface area contributed by atoms with E-state index >= 15 is 0 Å². The maximum absolute atomic E-state index is 12.3. The Hall–Kier alpha value is -2.63. The van der Waals surface area contributed by atoms with E-state index < -0.39 is 11.5 Å². The van der Waals surface area contributed by atoms with E-state index in [0.29, 0.717) is 30.9 Å². The number of oxazole rings is 1. The van der Waals surface area contributed by atoms with Crippen LogP contribution in [0, 0.1) is 6.92 Å². The van der Waals surface area contributed by atoms with Gasteiger partial charge in [0.15, 0.2) is 11.7 Å². The molecule has 1 amide bonds. The molecule has 2 N–H and O–H groups in total. The number of hydrogen-bond acceptors (Lipinski definition) is 4. The Morgan fingerprint density at radius 3 is 2.54 bits per heavy atom. The third-order valence-corrected chi connectivity index (χ3v) is 4.95. The van der Waals surface area contributed by atoms with Crippen molar-refractivity contribution in [2.24, 2.45) is 0 Å². The van der Waals surface area contributed by atoms with Crippen molar-refractivity contribution in [1.29, 1.82) is 0 Å². The number of rotatable bonds is 6. The average Bonchev–Trinajstić information content (AvgIpc) is 3.10. The average molecular weight is 356 g/mol. The number of carbonyl (C=O) groups excluding carboxylic acids is 1. The second-order valence-electron chi connectivity index (χ2n) is 6.98. The number of nitrogens with zero attached hydrogens (tertiary/aromatic N) is 1. The fraction of sp³-hybridized carbons (Fsp3) is 0.450. The summed E-state index contributed by atoms with van der Waals surface area (Å²) in [5.74, 6) is -0.0776. The number of aliphatic carboxylic acids is 1. The molecular weight excluding hydrogens is 332 g/mol. The van der Waals surface area contributed by atoms with Gasteiger partial charge in [0.1, 0.15) is 5.54 Å². The van der Waals surface area contributed by atoms with E-state index in [-0.39, 0.29) is 12.3 Å². The van der Waals surface area contributed by atoms with Gasteiger partial charge in [-0.05, 0) is 19.8 Å². The lowest BCUT2D eigenvalue weighted by Gasteiger charge is -2.33. The number of carboxylic acid groups (broad SMARTS) is 1. The summed E-state index contributed by atoms with van der Waals surface area (Å²) in [7, 11) is 0. The van der Waals surface area contributed by atoms with E-state index in [4.69, 9.17) is 4.42 Å². The van der Waals surface area contributed by atoms with Crippen LogP contribution in [0.15, 0.2) is 34.9 Å². The Bertz CT molecular complexity index is 773.